The van der Waals surface area contributed by atoms with Crippen molar-refractivity contribution in [2.24, 2.45) is 11.7 Å². The Kier molecular flexibility index (Phi) is 7.53. The van der Waals surface area contributed by atoms with Crippen LogP contribution in [-0.4, -0.2) is 24.7 Å². The fourth-order valence-corrected chi connectivity index (χ4v) is 2.38. The van der Waals surface area contributed by atoms with Crippen LogP contribution in [0.2, 0.25) is 0 Å². The molecule has 0 aliphatic heterocycles. The highest BCUT2D eigenvalue weighted by Gasteiger charge is 2.10. The van der Waals surface area contributed by atoms with Crippen LogP contribution in [0.15, 0.2) is 35.2 Å². The molecule has 3 N–H and O–H groups in total. The molecule has 1 rings (SSSR count). The molecule has 0 aliphatic rings. The summed E-state index contributed by atoms with van der Waals surface area (Å²) in [5, 5.41) is 2.96. The molecule has 1 aromatic carbocycles. The van der Waals surface area contributed by atoms with Crippen molar-refractivity contribution in [2.45, 2.75) is 24.7 Å². The van der Waals surface area contributed by atoms with E-state index in [-0.39, 0.29) is 11.8 Å². The van der Waals surface area contributed by atoms with Gasteiger partial charge < -0.3 is 11.1 Å². The summed E-state index contributed by atoms with van der Waals surface area (Å²) in [5.41, 5.74) is 5.43. The number of carbonyl (C=O) groups is 1. The van der Waals surface area contributed by atoms with Crippen LogP contribution in [0.5, 0.6) is 0 Å². The second-order valence-corrected chi connectivity index (χ2v) is 5.45. The summed E-state index contributed by atoms with van der Waals surface area (Å²) in [7, 11) is 0. The van der Waals surface area contributed by atoms with Gasteiger partial charge >= 0.3 is 0 Å². The van der Waals surface area contributed by atoms with Crippen LogP contribution in [0.25, 0.3) is 0 Å². The highest BCUT2D eigenvalue weighted by molar-refractivity contribution is 7.99. The third kappa shape index (κ3) is 6.07. The molecule has 1 amide bonds. The molecule has 0 aromatic heterocycles. The Hall–Kier alpha value is -1.00. The van der Waals surface area contributed by atoms with Crippen LogP contribution in [0.4, 0.5) is 0 Å². The molecular weight excluding hydrogens is 244 g/mol. The molecule has 0 bridgehead atoms. The van der Waals surface area contributed by atoms with E-state index in [1.807, 2.05) is 25.1 Å². The molecule has 4 heteroatoms. The van der Waals surface area contributed by atoms with Gasteiger partial charge in [-0.1, -0.05) is 25.1 Å². The highest BCUT2D eigenvalue weighted by atomic mass is 32.2. The number of thioether (sulfide) groups is 1. The van der Waals surface area contributed by atoms with E-state index in [4.69, 9.17) is 5.73 Å². The molecule has 1 atom stereocenters. The van der Waals surface area contributed by atoms with E-state index in [1.165, 1.54) is 4.90 Å². The standard InChI is InChI=1S/C14H22N2OS/c1-12(6-5-9-15)14(17)16-10-11-18-13-7-3-2-4-8-13/h2-4,7-8,12H,5-6,9-11,15H2,1H3,(H,16,17). The Balaban J connectivity index is 2.12. The molecule has 1 aromatic rings. The molecule has 0 saturated carbocycles. The summed E-state index contributed by atoms with van der Waals surface area (Å²) < 4.78 is 0. The minimum atomic E-state index is 0.0651. The maximum absolute atomic E-state index is 11.7. The van der Waals surface area contributed by atoms with Crippen LogP contribution in [0, 0.1) is 5.92 Å². The van der Waals surface area contributed by atoms with Gasteiger partial charge in [-0.2, -0.15) is 0 Å². The molecule has 3 nitrogen and oxygen atoms in total. The first-order valence-corrected chi connectivity index (χ1v) is 7.38. The summed E-state index contributed by atoms with van der Waals surface area (Å²) in [6, 6.07) is 10.2. The van der Waals surface area contributed by atoms with Crippen molar-refractivity contribution < 1.29 is 4.79 Å². The van der Waals surface area contributed by atoms with E-state index in [1.54, 1.807) is 11.8 Å². The Morgan fingerprint density at radius 1 is 1.39 bits per heavy atom. The fourth-order valence-electron chi connectivity index (χ4n) is 1.59. The number of hydrogen-bond acceptors (Lipinski definition) is 3. The Bertz CT molecular complexity index is 343. The first-order valence-electron chi connectivity index (χ1n) is 6.39. The van der Waals surface area contributed by atoms with Gasteiger partial charge in [-0.15, -0.1) is 11.8 Å². The molecule has 18 heavy (non-hydrogen) atoms. The first-order chi connectivity index (χ1) is 8.74. The zero-order chi connectivity index (χ0) is 13.2. The maximum Gasteiger partial charge on any atom is 0.222 e. The first kappa shape index (κ1) is 15.1. The van der Waals surface area contributed by atoms with E-state index in [0.717, 1.165) is 18.6 Å². The predicted octanol–water partition coefficient (Wildman–Crippen LogP) is 2.27. The van der Waals surface area contributed by atoms with Crippen molar-refractivity contribution >= 4 is 17.7 Å². The zero-order valence-corrected chi connectivity index (χ0v) is 11.7. The van der Waals surface area contributed by atoms with Crippen molar-refractivity contribution in [1.82, 2.24) is 5.32 Å². The number of benzene rings is 1. The van der Waals surface area contributed by atoms with Gasteiger partial charge in [-0.3, -0.25) is 4.79 Å². The summed E-state index contributed by atoms with van der Waals surface area (Å²) in [6.45, 7) is 3.32. The molecule has 0 aliphatic carbocycles. The highest BCUT2D eigenvalue weighted by Crippen LogP contribution is 2.15. The lowest BCUT2D eigenvalue weighted by molar-refractivity contribution is -0.124. The number of nitrogens with two attached hydrogens (primary N) is 1. The van der Waals surface area contributed by atoms with Gasteiger partial charge in [-0.25, -0.2) is 0 Å². The molecule has 0 heterocycles. The number of carbonyl (C=O) groups excluding carboxylic acids is 1. The second-order valence-electron chi connectivity index (χ2n) is 4.28. The quantitative estimate of drug-likeness (QED) is 0.560. The van der Waals surface area contributed by atoms with Gasteiger partial charge in [0.25, 0.3) is 0 Å². The molecule has 0 fully saturated rings. The van der Waals surface area contributed by atoms with Crippen molar-refractivity contribution in [1.29, 1.82) is 0 Å². The smallest absolute Gasteiger partial charge is 0.222 e. The van der Waals surface area contributed by atoms with E-state index >= 15 is 0 Å². The molecular formula is C14H22N2OS. The fraction of sp³-hybridized carbons (Fsp3) is 0.500. The van der Waals surface area contributed by atoms with Gasteiger partial charge in [0, 0.05) is 23.1 Å². The third-order valence-corrected chi connectivity index (χ3v) is 3.72. The Labute approximate surface area is 114 Å². The van der Waals surface area contributed by atoms with Crippen LogP contribution >= 0.6 is 11.8 Å². The second kappa shape index (κ2) is 9.00. The molecule has 0 radical (unpaired) electrons. The molecule has 100 valence electrons. The minimum absolute atomic E-state index is 0.0651. The zero-order valence-electron chi connectivity index (χ0n) is 10.9. The van der Waals surface area contributed by atoms with E-state index in [0.29, 0.717) is 13.1 Å². The lowest BCUT2D eigenvalue weighted by Crippen LogP contribution is -2.31. The third-order valence-electron chi connectivity index (χ3n) is 2.70. The summed E-state index contributed by atoms with van der Waals surface area (Å²) in [4.78, 5) is 12.9. The summed E-state index contributed by atoms with van der Waals surface area (Å²) >= 11 is 1.76. The van der Waals surface area contributed by atoms with Crippen LogP contribution < -0.4 is 11.1 Å². The Morgan fingerprint density at radius 2 is 2.11 bits per heavy atom. The lowest BCUT2D eigenvalue weighted by Gasteiger charge is -2.11. The maximum atomic E-state index is 11.7. The van der Waals surface area contributed by atoms with Gasteiger partial charge in [0.1, 0.15) is 0 Å². The summed E-state index contributed by atoms with van der Waals surface area (Å²) in [6.07, 6.45) is 1.78. The summed E-state index contributed by atoms with van der Waals surface area (Å²) in [5.74, 6) is 1.10. The van der Waals surface area contributed by atoms with Gasteiger partial charge in [0.05, 0.1) is 0 Å². The topological polar surface area (TPSA) is 55.1 Å². The van der Waals surface area contributed by atoms with Crippen molar-refractivity contribution in [2.75, 3.05) is 18.8 Å². The van der Waals surface area contributed by atoms with Gasteiger partial charge in [0.2, 0.25) is 5.91 Å². The largest absolute Gasteiger partial charge is 0.355 e. The lowest BCUT2D eigenvalue weighted by atomic mass is 10.1. The van der Waals surface area contributed by atoms with Crippen molar-refractivity contribution in [3.8, 4) is 0 Å². The SMILES string of the molecule is CC(CCCN)C(=O)NCCSc1ccccc1. The molecule has 1 unspecified atom stereocenters. The normalized spacial score (nSPS) is 12.1. The monoisotopic (exact) mass is 266 g/mol. The van der Waals surface area contributed by atoms with E-state index in [9.17, 15) is 4.79 Å². The van der Waals surface area contributed by atoms with Crippen LogP contribution in [0.1, 0.15) is 19.8 Å². The van der Waals surface area contributed by atoms with E-state index in [2.05, 4.69) is 17.4 Å². The number of amides is 1. The van der Waals surface area contributed by atoms with Crippen molar-refractivity contribution in [3.63, 3.8) is 0 Å². The van der Waals surface area contributed by atoms with Crippen LogP contribution in [-0.2, 0) is 4.79 Å². The number of rotatable bonds is 8. The molecule has 0 saturated heterocycles. The minimum Gasteiger partial charge on any atom is -0.355 e. The average Bonchev–Trinajstić information content (AvgIpc) is 2.41. The van der Waals surface area contributed by atoms with Crippen molar-refractivity contribution in [3.05, 3.63) is 30.3 Å². The predicted molar refractivity (Wildman–Crippen MR) is 77.6 cm³/mol. The van der Waals surface area contributed by atoms with Crippen LogP contribution in [0.3, 0.4) is 0 Å². The average molecular weight is 266 g/mol. The Morgan fingerprint density at radius 3 is 2.78 bits per heavy atom. The van der Waals surface area contributed by atoms with Gasteiger partial charge in [0.15, 0.2) is 0 Å². The van der Waals surface area contributed by atoms with Gasteiger partial charge in [-0.05, 0) is 31.5 Å². The number of nitrogens with one attached hydrogen (secondary N) is 1. The van der Waals surface area contributed by atoms with E-state index < -0.39 is 0 Å². The number of hydrogen-bond donors (Lipinski definition) is 2. The molecule has 0 spiro atoms.